The standard InChI is InChI=1S/C16H18BrNS/c1-16(2,3)13-4-6-15(7-5-13)19-11-12-8-14(17)10-18-9-12/h4-10H,11H2,1-3H3. The molecule has 1 aromatic heterocycles. The van der Waals surface area contributed by atoms with E-state index in [-0.39, 0.29) is 5.41 Å². The summed E-state index contributed by atoms with van der Waals surface area (Å²) in [5.41, 5.74) is 2.83. The molecule has 1 heterocycles. The van der Waals surface area contributed by atoms with Gasteiger partial charge in [0.2, 0.25) is 0 Å². The summed E-state index contributed by atoms with van der Waals surface area (Å²) in [4.78, 5) is 5.48. The minimum atomic E-state index is 0.220. The molecule has 0 aliphatic rings. The second-order valence-corrected chi connectivity index (χ2v) is 7.54. The third-order valence-electron chi connectivity index (χ3n) is 2.89. The highest BCUT2D eigenvalue weighted by molar-refractivity contribution is 9.10. The Labute approximate surface area is 128 Å². The van der Waals surface area contributed by atoms with Crippen molar-refractivity contribution in [2.24, 2.45) is 0 Å². The van der Waals surface area contributed by atoms with E-state index in [4.69, 9.17) is 0 Å². The maximum atomic E-state index is 4.18. The summed E-state index contributed by atoms with van der Waals surface area (Å²) < 4.78 is 1.04. The molecule has 0 unspecified atom stereocenters. The Morgan fingerprint density at radius 2 is 1.79 bits per heavy atom. The van der Waals surface area contributed by atoms with Gasteiger partial charge in [0, 0.05) is 27.5 Å². The lowest BCUT2D eigenvalue weighted by Crippen LogP contribution is -2.10. The van der Waals surface area contributed by atoms with Crippen molar-refractivity contribution in [1.82, 2.24) is 4.98 Å². The van der Waals surface area contributed by atoms with Crippen LogP contribution in [0.5, 0.6) is 0 Å². The number of thioether (sulfide) groups is 1. The van der Waals surface area contributed by atoms with Crippen LogP contribution in [0.4, 0.5) is 0 Å². The van der Waals surface area contributed by atoms with Gasteiger partial charge in [0.25, 0.3) is 0 Å². The molecule has 0 spiro atoms. The van der Waals surface area contributed by atoms with Crippen LogP contribution >= 0.6 is 27.7 Å². The van der Waals surface area contributed by atoms with Crippen LogP contribution < -0.4 is 0 Å². The topological polar surface area (TPSA) is 12.9 Å². The molecule has 2 rings (SSSR count). The molecule has 0 atom stereocenters. The fourth-order valence-corrected chi connectivity index (χ4v) is 2.98. The van der Waals surface area contributed by atoms with Crippen LogP contribution in [0, 0.1) is 0 Å². The second kappa shape index (κ2) is 6.10. The van der Waals surface area contributed by atoms with Crippen molar-refractivity contribution in [3.63, 3.8) is 0 Å². The lowest BCUT2D eigenvalue weighted by Gasteiger charge is -2.19. The Kier molecular flexibility index (Phi) is 4.69. The number of hydrogen-bond acceptors (Lipinski definition) is 2. The highest BCUT2D eigenvalue weighted by Gasteiger charge is 2.12. The van der Waals surface area contributed by atoms with Crippen molar-refractivity contribution in [3.05, 3.63) is 58.3 Å². The van der Waals surface area contributed by atoms with Crippen molar-refractivity contribution in [3.8, 4) is 0 Å². The molecule has 19 heavy (non-hydrogen) atoms. The Bertz CT molecular complexity index is 543. The largest absolute Gasteiger partial charge is 0.263 e. The number of benzene rings is 1. The van der Waals surface area contributed by atoms with Gasteiger partial charge in [-0.3, -0.25) is 4.98 Å². The third-order valence-corrected chi connectivity index (χ3v) is 4.40. The first-order valence-electron chi connectivity index (χ1n) is 6.28. The Balaban J connectivity index is 2.01. The fraction of sp³-hybridized carbons (Fsp3) is 0.312. The Hall–Kier alpha value is -0.800. The van der Waals surface area contributed by atoms with E-state index in [1.165, 1.54) is 16.0 Å². The summed E-state index contributed by atoms with van der Waals surface area (Å²) in [7, 11) is 0. The van der Waals surface area contributed by atoms with Crippen LogP contribution in [0.25, 0.3) is 0 Å². The summed E-state index contributed by atoms with van der Waals surface area (Å²) in [6, 6.07) is 11.0. The summed E-state index contributed by atoms with van der Waals surface area (Å²) in [5, 5.41) is 0. The zero-order valence-electron chi connectivity index (χ0n) is 11.5. The minimum Gasteiger partial charge on any atom is -0.263 e. The first-order chi connectivity index (χ1) is 8.95. The smallest absolute Gasteiger partial charge is 0.0410 e. The summed E-state index contributed by atoms with van der Waals surface area (Å²) >= 11 is 5.29. The zero-order chi connectivity index (χ0) is 13.9. The van der Waals surface area contributed by atoms with Crippen molar-refractivity contribution in [1.29, 1.82) is 0 Å². The SMILES string of the molecule is CC(C)(C)c1ccc(SCc2cncc(Br)c2)cc1. The lowest BCUT2D eigenvalue weighted by atomic mass is 9.87. The molecule has 100 valence electrons. The fourth-order valence-electron chi connectivity index (χ4n) is 1.75. The van der Waals surface area contributed by atoms with E-state index in [0.29, 0.717) is 0 Å². The molecule has 0 radical (unpaired) electrons. The lowest BCUT2D eigenvalue weighted by molar-refractivity contribution is 0.590. The molecule has 3 heteroatoms. The maximum Gasteiger partial charge on any atom is 0.0410 e. The molecule has 0 aliphatic carbocycles. The number of aromatic nitrogens is 1. The van der Waals surface area contributed by atoms with Crippen LogP contribution in [-0.4, -0.2) is 4.98 Å². The first kappa shape index (κ1) is 14.6. The molecule has 2 aromatic rings. The average molecular weight is 336 g/mol. The summed E-state index contributed by atoms with van der Waals surface area (Å²) in [5.74, 6) is 0.946. The molecule has 0 bridgehead atoms. The zero-order valence-corrected chi connectivity index (χ0v) is 13.9. The van der Waals surface area contributed by atoms with Crippen LogP contribution in [-0.2, 0) is 11.2 Å². The molecule has 1 nitrogen and oxygen atoms in total. The molecule has 0 saturated carbocycles. The molecule has 0 amide bonds. The second-order valence-electron chi connectivity index (χ2n) is 5.57. The quantitative estimate of drug-likeness (QED) is 0.693. The third kappa shape index (κ3) is 4.36. The van der Waals surface area contributed by atoms with E-state index in [0.717, 1.165) is 10.2 Å². The number of halogens is 1. The van der Waals surface area contributed by atoms with Crippen molar-refractivity contribution in [2.75, 3.05) is 0 Å². The van der Waals surface area contributed by atoms with Crippen LogP contribution in [0.3, 0.4) is 0 Å². The summed E-state index contributed by atoms with van der Waals surface area (Å²) in [6.45, 7) is 6.72. The molecular formula is C16H18BrNS. The Morgan fingerprint density at radius 1 is 1.11 bits per heavy atom. The number of pyridine rings is 1. The summed E-state index contributed by atoms with van der Waals surface area (Å²) in [6.07, 6.45) is 3.73. The van der Waals surface area contributed by atoms with Crippen molar-refractivity contribution in [2.45, 2.75) is 36.8 Å². The van der Waals surface area contributed by atoms with E-state index >= 15 is 0 Å². The van der Waals surface area contributed by atoms with Gasteiger partial charge in [-0.25, -0.2) is 0 Å². The monoisotopic (exact) mass is 335 g/mol. The molecule has 0 fully saturated rings. The van der Waals surface area contributed by atoms with Crippen molar-refractivity contribution >= 4 is 27.7 Å². The maximum absolute atomic E-state index is 4.18. The van der Waals surface area contributed by atoms with Crippen LogP contribution in [0.15, 0.2) is 52.1 Å². The first-order valence-corrected chi connectivity index (χ1v) is 8.06. The van der Waals surface area contributed by atoms with Gasteiger partial charge in [-0.05, 0) is 50.7 Å². The molecular weight excluding hydrogens is 318 g/mol. The van der Waals surface area contributed by atoms with Gasteiger partial charge in [-0.15, -0.1) is 11.8 Å². The highest BCUT2D eigenvalue weighted by atomic mass is 79.9. The molecule has 0 saturated heterocycles. The minimum absolute atomic E-state index is 0.220. The van der Waals surface area contributed by atoms with E-state index < -0.39 is 0 Å². The van der Waals surface area contributed by atoms with E-state index in [1.807, 2.05) is 24.2 Å². The molecule has 0 aliphatic heterocycles. The van der Waals surface area contributed by atoms with Crippen LogP contribution in [0.1, 0.15) is 31.9 Å². The predicted octanol–water partition coefficient (Wildman–Crippen LogP) is 5.43. The van der Waals surface area contributed by atoms with Gasteiger partial charge in [0.15, 0.2) is 0 Å². The predicted molar refractivity (Wildman–Crippen MR) is 86.6 cm³/mol. The van der Waals surface area contributed by atoms with Gasteiger partial charge in [-0.1, -0.05) is 32.9 Å². The normalized spacial score (nSPS) is 11.6. The van der Waals surface area contributed by atoms with E-state index in [9.17, 15) is 0 Å². The highest BCUT2D eigenvalue weighted by Crippen LogP contribution is 2.27. The molecule has 1 aromatic carbocycles. The van der Waals surface area contributed by atoms with Gasteiger partial charge in [0.1, 0.15) is 0 Å². The molecule has 0 N–H and O–H groups in total. The van der Waals surface area contributed by atoms with Gasteiger partial charge < -0.3 is 0 Å². The number of rotatable bonds is 3. The number of nitrogens with zero attached hydrogens (tertiary/aromatic N) is 1. The van der Waals surface area contributed by atoms with E-state index in [1.54, 1.807) is 0 Å². The van der Waals surface area contributed by atoms with Gasteiger partial charge in [-0.2, -0.15) is 0 Å². The average Bonchev–Trinajstić information content (AvgIpc) is 2.36. The Morgan fingerprint density at radius 3 is 2.37 bits per heavy atom. The van der Waals surface area contributed by atoms with Gasteiger partial charge in [0.05, 0.1) is 0 Å². The van der Waals surface area contributed by atoms with Crippen molar-refractivity contribution < 1.29 is 0 Å². The van der Waals surface area contributed by atoms with E-state index in [2.05, 4.69) is 72.0 Å². The van der Waals surface area contributed by atoms with Crippen LogP contribution in [0.2, 0.25) is 0 Å². The number of hydrogen-bond donors (Lipinski definition) is 0. The van der Waals surface area contributed by atoms with Gasteiger partial charge >= 0.3 is 0 Å².